The van der Waals surface area contributed by atoms with Crippen LogP contribution in [0.4, 0.5) is 5.95 Å². The Labute approximate surface area is 105 Å². The highest BCUT2D eigenvalue weighted by Gasteiger charge is 2.07. The summed E-state index contributed by atoms with van der Waals surface area (Å²) in [7, 11) is 1.47. The van der Waals surface area contributed by atoms with Crippen LogP contribution in [0.15, 0.2) is 6.07 Å². The molecule has 1 rings (SSSR count). The van der Waals surface area contributed by atoms with Gasteiger partial charge >= 0.3 is 0 Å². The summed E-state index contributed by atoms with van der Waals surface area (Å²) in [6.45, 7) is 3.02. The number of ether oxygens (including phenoxy) is 1. The lowest BCUT2D eigenvalue weighted by Gasteiger charge is -2.06. The predicted molar refractivity (Wildman–Crippen MR) is 65.4 cm³/mol. The van der Waals surface area contributed by atoms with Crippen molar-refractivity contribution in [3.05, 3.63) is 11.2 Å². The van der Waals surface area contributed by atoms with Gasteiger partial charge in [-0.3, -0.25) is 10.1 Å². The minimum absolute atomic E-state index is 0.137. The van der Waals surface area contributed by atoms with Gasteiger partial charge in [0, 0.05) is 6.07 Å². The van der Waals surface area contributed by atoms with Gasteiger partial charge in [0.25, 0.3) is 0 Å². The van der Waals surface area contributed by atoms with Crippen molar-refractivity contribution in [3.63, 3.8) is 0 Å². The Kier molecular flexibility index (Phi) is 5.65. The Morgan fingerprint density at radius 3 is 2.94 bits per heavy atom. The molecule has 0 aliphatic rings. The zero-order chi connectivity index (χ0) is 12.7. The maximum atomic E-state index is 11.5. The molecule has 0 aliphatic carbocycles. The number of aromatic nitrogens is 2. The molecule has 1 aromatic heterocycles. The standard InChI is InChI=1S/C10H15ClN4O2/c1-3-4-12-6-8(16)14-10-13-7(11)5-9(15-10)17-2/h5,12H,3-4,6H2,1-2H3,(H,13,14,15,16). The number of nitrogens with zero attached hydrogens (tertiary/aromatic N) is 2. The van der Waals surface area contributed by atoms with Gasteiger partial charge in [-0.1, -0.05) is 18.5 Å². The number of rotatable bonds is 6. The van der Waals surface area contributed by atoms with E-state index in [0.29, 0.717) is 5.88 Å². The highest BCUT2D eigenvalue weighted by Crippen LogP contribution is 2.15. The van der Waals surface area contributed by atoms with Crippen LogP contribution in [0.1, 0.15) is 13.3 Å². The Morgan fingerprint density at radius 2 is 2.29 bits per heavy atom. The van der Waals surface area contributed by atoms with Crippen LogP contribution < -0.4 is 15.4 Å². The monoisotopic (exact) mass is 258 g/mol. The van der Waals surface area contributed by atoms with Crippen LogP contribution in [0.5, 0.6) is 5.88 Å². The van der Waals surface area contributed by atoms with Gasteiger partial charge in [0.15, 0.2) is 0 Å². The molecule has 0 bridgehead atoms. The molecule has 0 radical (unpaired) electrons. The quantitative estimate of drug-likeness (QED) is 0.590. The Hall–Kier alpha value is -1.40. The second kappa shape index (κ2) is 7.03. The topological polar surface area (TPSA) is 76.1 Å². The van der Waals surface area contributed by atoms with Crippen LogP contribution in [-0.4, -0.2) is 36.1 Å². The molecular formula is C10H15ClN4O2. The summed E-state index contributed by atoms with van der Waals surface area (Å²) in [5.41, 5.74) is 0. The minimum Gasteiger partial charge on any atom is -0.481 e. The molecule has 0 atom stereocenters. The van der Waals surface area contributed by atoms with E-state index in [1.165, 1.54) is 13.2 Å². The van der Waals surface area contributed by atoms with Crippen LogP contribution in [0.3, 0.4) is 0 Å². The molecule has 0 saturated heterocycles. The van der Waals surface area contributed by atoms with Gasteiger partial charge in [0.2, 0.25) is 17.7 Å². The molecule has 0 fully saturated rings. The fourth-order valence-electron chi connectivity index (χ4n) is 1.11. The van der Waals surface area contributed by atoms with Gasteiger partial charge in [-0.05, 0) is 13.0 Å². The summed E-state index contributed by atoms with van der Waals surface area (Å²) in [6.07, 6.45) is 0.967. The van der Waals surface area contributed by atoms with Crippen LogP contribution in [-0.2, 0) is 4.79 Å². The van der Waals surface area contributed by atoms with E-state index in [-0.39, 0.29) is 23.6 Å². The van der Waals surface area contributed by atoms with Crippen molar-refractivity contribution < 1.29 is 9.53 Å². The number of methoxy groups -OCH3 is 1. The maximum absolute atomic E-state index is 11.5. The van der Waals surface area contributed by atoms with Gasteiger partial charge in [0.05, 0.1) is 13.7 Å². The molecule has 0 spiro atoms. The molecule has 94 valence electrons. The summed E-state index contributed by atoms with van der Waals surface area (Å²) in [6, 6.07) is 1.46. The number of carbonyl (C=O) groups is 1. The van der Waals surface area contributed by atoms with E-state index in [9.17, 15) is 4.79 Å². The van der Waals surface area contributed by atoms with E-state index in [4.69, 9.17) is 16.3 Å². The van der Waals surface area contributed by atoms with Gasteiger partial charge in [-0.2, -0.15) is 4.98 Å². The average molecular weight is 259 g/mol. The summed E-state index contributed by atoms with van der Waals surface area (Å²) in [4.78, 5) is 19.3. The first-order valence-electron chi connectivity index (χ1n) is 5.25. The van der Waals surface area contributed by atoms with Gasteiger partial charge in [-0.25, -0.2) is 4.98 Å². The molecular weight excluding hydrogens is 244 g/mol. The van der Waals surface area contributed by atoms with Crippen molar-refractivity contribution in [2.45, 2.75) is 13.3 Å². The summed E-state index contributed by atoms with van der Waals surface area (Å²) in [5.74, 6) is 0.224. The molecule has 1 amide bonds. The fourth-order valence-corrected chi connectivity index (χ4v) is 1.28. The SMILES string of the molecule is CCCNCC(=O)Nc1nc(Cl)cc(OC)n1. The molecule has 0 unspecified atom stereocenters. The van der Waals surface area contributed by atoms with E-state index in [2.05, 4.69) is 20.6 Å². The summed E-state index contributed by atoms with van der Waals surface area (Å²) < 4.78 is 4.91. The summed E-state index contributed by atoms with van der Waals surface area (Å²) in [5, 5.41) is 5.71. The summed E-state index contributed by atoms with van der Waals surface area (Å²) >= 11 is 5.74. The van der Waals surface area contributed by atoms with Crippen LogP contribution in [0.25, 0.3) is 0 Å². The van der Waals surface area contributed by atoms with Crippen molar-refractivity contribution in [3.8, 4) is 5.88 Å². The fraction of sp³-hybridized carbons (Fsp3) is 0.500. The Bertz CT molecular complexity index is 387. The Balaban J connectivity index is 2.55. The molecule has 17 heavy (non-hydrogen) atoms. The average Bonchev–Trinajstić information content (AvgIpc) is 2.28. The largest absolute Gasteiger partial charge is 0.481 e. The molecule has 0 aliphatic heterocycles. The third-order valence-corrected chi connectivity index (χ3v) is 2.04. The van der Waals surface area contributed by atoms with Crippen molar-refractivity contribution in [2.75, 3.05) is 25.5 Å². The molecule has 1 aromatic rings. The molecule has 6 nitrogen and oxygen atoms in total. The third kappa shape index (κ3) is 4.97. The molecule has 7 heteroatoms. The number of carbonyl (C=O) groups excluding carboxylic acids is 1. The molecule has 2 N–H and O–H groups in total. The lowest BCUT2D eigenvalue weighted by Crippen LogP contribution is -2.29. The second-order valence-electron chi connectivity index (χ2n) is 3.28. The van der Waals surface area contributed by atoms with Gasteiger partial charge in [0.1, 0.15) is 5.15 Å². The second-order valence-corrected chi connectivity index (χ2v) is 3.67. The van der Waals surface area contributed by atoms with Crippen molar-refractivity contribution in [1.82, 2.24) is 15.3 Å². The highest BCUT2D eigenvalue weighted by atomic mass is 35.5. The van der Waals surface area contributed by atoms with Crippen LogP contribution in [0.2, 0.25) is 5.15 Å². The minimum atomic E-state index is -0.220. The number of halogens is 1. The Morgan fingerprint density at radius 1 is 1.53 bits per heavy atom. The van der Waals surface area contributed by atoms with E-state index in [0.717, 1.165) is 13.0 Å². The van der Waals surface area contributed by atoms with Gasteiger partial charge < -0.3 is 10.1 Å². The van der Waals surface area contributed by atoms with E-state index >= 15 is 0 Å². The first kappa shape index (κ1) is 13.7. The maximum Gasteiger partial charge on any atom is 0.240 e. The van der Waals surface area contributed by atoms with Crippen LogP contribution in [0, 0.1) is 0 Å². The van der Waals surface area contributed by atoms with Gasteiger partial charge in [-0.15, -0.1) is 0 Å². The third-order valence-electron chi connectivity index (χ3n) is 1.84. The van der Waals surface area contributed by atoms with Crippen molar-refractivity contribution >= 4 is 23.5 Å². The number of anilines is 1. The highest BCUT2D eigenvalue weighted by molar-refractivity contribution is 6.29. The lowest BCUT2D eigenvalue weighted by atomic mass is 10.4. The van der Waals surface area contributed by atoms with Crippen molar-refractivity contribution in [2.24, 2.45) is 0 Å². The molecule has 0 aromatic carbocycles. The normalized spacial score (nSPS) is 10.1. The number of hydrogen-bond donors (Lipinski definition) is 2. The predicted octanol–water partition coefficient (Wildman–Crippen LogP) is 1.08. The zero-order valence-corrected chi connectivity index (χ0v) is 10.5. The van der Waals surface area contributed by atoms with Crippen molar-refractivity contribution in [1.29, 1.82) is 0 Å². The number of hydrogen-bond acceptors (Lipinski definition) is 5. The molecule has 0 saturated carbocycles. The van der Waals surface area contributed by atoms with E-state index < -0.39 is 0 Å². The van der Waals surface area contributed by atoms with E-state index in [1.807, 2.05) is 6.92 Å². The smallest absolute Gasteiger partial charge is 0.240 e. The first-order chi connectivity index (χ1) is 8.15. The van der Waals surface area contributed by atoms with Crippen LogP contribution >= 0.6 is 11.6 Å². The zero-order valence-electron chi connectivity index (χ0n) is 9.79. The number of nitrogens with one attached hydrogen (secondary N) is 2. The number of amides is 1. The first-order valence-corrected chi connectivity index (χ1v) is 5.62. The molecule has 1 heterocycles. The van der Waals surface area contributed by atoms with E-state index in [1.54, 1.807) is 0 Å². The lowest BCUT2D eigenvalue weighted by molar-refractivity contribution is -0.115.